The van der Waals surface area contributed by atoms with E-state index in [-0.39, 0.29) is 11.7 Å². The highest BCUT2D eigenvalue weighted by atomic mass is 19.1. The molecular formula is C16H24FN3O. The van der Waals surface area contributed by atoms with Gasteiger partial charge in [0.25, 0.3) is 0 Å². The molecule has 2 atom stereocenters. The molecular weight excluding hydrogens is 269 g/mol. The van der Waals surface area contributed by atoms with Crippen molar-refractivity contribution < 1.29 is 9.60 Å². The average molecular weight is 293 g/mol. The number of amidine groups is 1. The first kappa shape index (κ1) is 15.8. The second kappa shape index (κ2) is 7.41. The zero-order valence-electron chi connectivity index (χ0n) is 12.5. The zero-order chi connectivity index (χ0) is 15.2. The van der Waals surface area contributed by atoms with Crippen molar-refractivity contribution >= 4 is 5.84 Å². The summed E-state index contributed by atoms with van der Waals surface area (Å²) in [7, 11) is 0. The van der Waals surface area contributed by atoms with Crippen molar-refractivity contribution in [3.05, 3.63) is 35.1 Å². The number of benzene rings is 1. The Bertz CT molecular complexity index is 504. The molecule has 0 spiro atoms. The van der Waals surface area contributed by atoms with Crippen LogP contribution in [-0.2, 0) is 6.54 Å². The van der Waals surface area contributed by atoms with Crippen molar-refractivity contribution in [1.29, 1.82) is 0 Å². The quantitative estimate of drug-likeness (QED) is 0.338. The smallest absolute Gasteiger partial charge is 0.170 e. The van der Waals surface area contributed by atoms with E-state index in [2.05, 4.69) is 17.4 Å². The first-order valence-electron chi connectivity index (χ1n) is 7.63. The highest BCUT2D eigenvalue weighted by Gasteiger charge is 2.20. The molecule has 1 aliphatic carbocycles. The van der Waals surface area contributed by atoms with E-state index in [9.17, 15) is 4.39 Å². The number of nitrogens with zero attached hydrogens (tertiary/aromatic N) is 1. The number of nitrogens with one attached hydrogen (secondary N) is 1. The second-order valence-corrected chi connectivity index (χ2v) is 5.81. The van der Waals surface area contributed by atoms with Gasteiger partial charge in [0.2, 0.25) is 0 Å². The van der Waals surface area contributed by atoms with Crippen molar-refractivity contribution in [3.63, 3.8) is 0 Å². The molecule has 4 N–H and O–H groups in total. The third kappa shape index (κ3) is 4.17. The number of rotatable bonds is 5. The van der Waals surface area contributed by atoms with Crippen molar-refractivity contribution in [3.8, 4) is 0 Å². The Balaban J connectivity index is 2.03. The van der Waals surface area contributed by atoms with Gasteiger partial charge in [0.15, 0.2) is 5.84 Å². The summed E-state index contributed by atoms with van der Waals surface area (Å²) in [6.07, 6.45) is 6.17. The Morgan fingerprint density at radius 3 is 3.00 bits per heavy atom. The fourth-order valence-corrected chi connectivity index (χ4v) is 3.10. The van der Waals surface area contributed by atoms with Crippen LogP contribution in [0, 0.1) is 11.7 Å². The summed E-state index contributed by atoms with van der Waals surface area (Å²) < 4.78 is 13.3. The topological polar surface area (TPSA) is 70.6 Å². The molecule has 1 fully saturated rings. The highest BCUT2D eigenvalue weighted by Crippen LogP contribution is 2.26. The first-order chi connectivity index (χ1) is 10.1. The van der Waals surface area contributed by atoms with Crippen LogP contribution in [0.1, 0.15) is 50.2 Å². The van der Waals surface area contributed by atoms with E-state index in [1.54, 1.807) is 6.07 Å². The summed E-state index contributed by atoms with van der Waals surface area (Å²) in [4.78, 5) is 0. The lowest BCUT2D eigenvalue weighted by Gasteiger charge is -2.29. The molecule has 0 saturated heterocycles. The van der Waals surface area contributed by atoms with Crippen molar-refractivity contribution in [2.24, 2.45) is 16.8 Å². The minimum atomic E-state index is -0.385. The maximum atomic E-state index is 13.3. The van der Waals surface area contributed by atoms with Crippen molar-refractivity contribution in [2.45, 2.75) is 51.6 Å². The van der Waals surface area contributed by atoms with Crippen LogP contribution < -0.4 is 11.1 Å². The van der Waals surface area contributed by atoms with Gasteiger partial charge in [-0.25, -0.2) is 4.39 Å². The Labute approximate surface area is 125 Å². The Morgan fingerprint density at radius 2 is 2.29 bits per heavy atom. The van der Waals surface area contributed by atoms with E-state index >= 15 is 0 Å². The van der Waals surface area contributed by atoms with Gasteiger partial charge >= 0.3 is 0 Å². The molecule has 0 aromatic heterocycles. The van der Waals surface area contributed by atoms with Gasteiger partial charge in [0.1, 0.15) is 5.82 Å². The fraction of sp³-hybridized carbons (Fsp3) is 0.562. The van der Waals surface area contributed by atoms with E-state index in [4.69, 9.17) is 10.9 Å². The van der Waals surface area contributed by atoms with Crippen molar-refractivity contribution in [1.82, 2.24) is 5.32 Å². The summed E-state index contributed by atoms with van der Waals surface area (Å²) in [5.74, 6) is 0.360. The van der Waals surface area contributed by atoms with Crippen LogP contribution in [0.2, 0.25) is 0 Å². The SMILES string of the molecule is CCC1CCCC(NCc2ccc(F)cc2C(N)=NO)C1. The Kier molecular flexibility index (Phi) is 5.56. The van der Waals surface area contributed by atoms with Crippen LogP contribution in [0.15, 0.2) is 23.4 Å². The minimum Gasteiger partial charge on any atom is -0.409 e. The number of halogens is 1. The number of hydrogen-bond donors (Lipinski definition) is 3. The first-order valence-corrected chi connectivity index (χ1v) is 7.63. The van der Waals surface area contributed by atoms with Gasteiger partial charge in [0, 0.05) is 18.2 Å². The molecule has 116 valence electrons. The predicted molar refractivity (Wildman–Crippen MR) is 81.8 cm³/mol. The molecule has 0 aliphatic heterocycles. The predicted octanol–water partition coefficient (Wildman–Crippen LogP) is 2.98. The maximum absolute atomic E-state index is 13.3. The standard InChI is InChI=1S/C16H24FN3O/c1-2-11-4-3-5-14(8-11)19-10-12-6-7-13(17)9-15(12)16(18)20-21/h6-7,9,11,14,19,21H,2-5,8,10H2,1H3,(H2,18,20). The number of hydrogen-bond acceptors (Lipinski definition) is 3. The summed E-state index contributed by atoms with van der Waals surface area (Å²) in [5, 5.41) is 15.3. The highest BCUT2D eigenvalue weighted by molar-refractivity contribution is 5.98. The van der Waals surface area contributed by atoms with Gasteiger partial charge in [-0.1, -0.05) is 37.4 Å². The lowest BCUT2D eigenvalue weighted by Crippen LogP contribution is -2.34. The van der Waals surface area contributed by atoms with Gasteiger partial charge in [0.05, 0.1) is 0 Å². The van der Waals surface area contributed by atoms with Gasteiger partial charge in [-0.2, -0.15) is 0 Å². The Hall–Kier alpha value is -1.62. The van der Waals surface area contributed by atoms with E-state index in [1.807, 2.05) is 0 Å². The molecule has 0 radical (unpaired) electrons. The van der Waals surface area contributed by atoms with Gasteiger partial charge < -0.3 is 16.3 Å². The molecule has 0 bridgehead atoms. The van der Waals surface area contributed by atoms with Crippen LogP contribution in [0.4, 0.5) is 4.39 Å². The molecule has 0 amide bonds. The van der Waals surface area contributed by atoms with Crippen LogP contribution in [0.25, 0.3) is 0 Å². The minimum absolute atomic E-state index is 0.0543. The molecule has 5 heteroatoms. The summed E-state index contributed by atoms with van der Waals surface area (Å²) in [5.41, 5.74) is 6.93. The van der Waals surface area contributed by atoms with Crippen LogP contribution in [0.3, 0.4) is 0 Å². The normalized spacial score (nSPS) is 23.2. The molecule has 1 aliphatic rings. The van der Waals surface area contributed by atoms with Gasteiger partial charge in [-0.3, -0.25) is 0 Å². The third-order valence-corrected chi connectivity index (χ3v) is 4.40. The molecule has 1 aromatic rings. The van der Waals surface area contributed by atoms with Crippen LogP contribution >= 0.6 is 0 Å². The second-order valence-electron chi connectivity index (χ2n) is 5.81. The number of nitrogens with two attached hydrogens (primary N) is 1. The average Bonchev–Trinajstić information content (AvgIpc) is 2.53. The van der Waals surface area contributed by atoms with Crippen molar-refractivity contribution in [2.75, 3.05) is 0 Å². The van der Waals surface area contributed by atoms with Crippen LogP contribution in [0.5, 0.6) is 0 Å². The van der Waals surface area contributed by atoms with E-state index in [0.29, 0.717) is 18.2 Å². The summed E-state index contributed by atoms with van der Waals surface area (Å²) in [6.45, 7) is 2.84. The third-order valence-electron chi connectivity index (χ3n) is 4.40. The lowest BCUT2D eigenvalue weighted by atomic mass is 9.84. The molecule has 2 unspecified atom stereocenters. The van der Waals surface area contributed by atoms with Gasteiger partial charge in [-0.05, 0) is 36.5 Å². The monoisotopic (exact) mass is 293 g/mol. The molecule has 4 nitrogen and oxygen atoms in total. The summed E-state index contributed by atoms with van der Waals surface area (Å²) in [6, 6.07) is 4.90. The molecule has 0 heterocycles. The maximum Gasteiger partial charge on any atom is 0.170 e. The van der Waals surface area contributed by atoms with Gasteiger partial charge in [-0.15, -0.1) is 0 Å². The largest absolute Gasteiger partial charge is 0.409 e. The fourth-order valence-electron chi connectivity index (χ4n) is 3.10. The Morgan fingerprint density at radius 1 is 1.48 bits per heavy atom. The molecule has 2 rings (SSSR count). The van der Waals surface area contributed by atoms with Crippen LogP contribution in [-0.4, -0.2) is 17.1 Å². The number of oxime groups is 1. The van der Waals surface area contributed by atoms with E-state index < -0.39 is 0 Å². The summed E-state index contributed by atoms with van der Waals surface area (Å²) >= 11 is 0. The molecule has 1 saturated carbocycles. The molecule has 1 aromatic carbocycles. The van der Waals surface area contributed by atoms with E-state index in [1.165, 1.54) is 44.2 Å². The molecule has 21 heavy (non-hydrogen) atoms. The lowest BCUT2D eigenvalue weighted by molar-refractivity contribution is 0.278. The zero-order valence-corrected chi connectivity index (χ0v) is 12.5. The van der Waals surface area contributed by atoms with E-state index in [0.717, 1.165) is 11.5 Å².